The summed E-state index contributed by atoms with van der Waals surface area (Å²) in [5, 5.41) is 9.52. The van der Waals surface area contributed by atoms with E-state index in [-0.39, 0.29) is 5.78 Å². The molecule has 1 aliphatic rings. The number of carbonyl (C=O) groups excluding carboxylic acids is 1. The normalized spacial score (nSPS) is 18.8. The second-order valence-electron chi connectivity index (χ2n) is 2.63. The van der Waals surface area contributed by atoms with Crippen molar-refractivity contribution in [2.24, 2.45) is 0 Å². The maximum Gasteiger partial charge on any atom is 0.195 e. The molecule has 13 heavy (non-hydrogen) atoms. The van der Waals surface area contributed by atoms with Crippen LogP contribution in [0.25, 0.3) is 0 Å². The minimum Gasteiger partial charge on any atom is -0.515 e. The van der Waals surface area contributed by atoms with E-state index in [1.165, 1.54) is 11.8 Å². The van der Waals surface area contributed by atoms with Crippen LogP contribution in [-0.4, -0.2) is 21.6 Å². The molecule has 0 radical (unpaired) electrons. The summed E-state index contributed by atoms with van der Waals surface area (Å²) in [5.74, 6) is 0.378. The number of aliphatic hydroxyl groups is 1. The van der Waals surface area contributed by atoms with Gasteiger partial charge in [-0.2, -0.15) is 0 Å². The number of Topliss-reactive ketones (excluding diaryl/α,β-unsaturated/α-hetero) is 1. The summed E-state index contributed by atoms with van der Waals surface area (Å²) in [4.78, 5) is 15.6. The topological polar surface area (TPSA) is 50.2 Å². The standard InChI is InChI=1S/C9H7NO2S/c11-4-6-5-13-9-7(8(6)12)2-1-3-10-9/h1-4,11H,5H2/b6-4-. The molecule has 1 N–H and O–H groups in total. The lowest BCUT2D eigenvalue weighted by Crippen LogP contribution is -2.13. The molecule has 0 spiro atoms. The fraction of sp³-hybridized carbons (Fsp3) is 0.111. The van der Waals surface area contributed by atoms with Crippen LogP contribution in [0.1, 0.15) is 10.4 Å². The monoisotopic (exact) mass is 193 g/mol. The molecule has 2 heterocycles. The van der Waals surface area contributed by atoms with E-state index in [2.05, 4.69) is 4.98 Å². The van der Waals surface area contributed by atoms with E-state index in [4.69, 9.17) is 5.11 Å². The van der Waals surface area contributed by atoms with Crippen LogP contribution >= 0.6 is 11.8 Å². The molecule has 0 amide bonds. The van der Waals surface area contributed by atoms with E-state index >= 15 is 0 Å². The third-order valence-corrected chi connectivity index (χ3v) is 2.88. The number of thioether (sulfide) groups is 1. The number of rotatable bonds is 0. The summed E-state index contributed by atoms with van der Waals surface area (Å²) in [6.07, 6.45) is 2.54. The van der Waals surface area contributed by atoms with E-state index in [9.17, 15) is 4.79 Å². The van der Waals surface area contributed by atoms with Crippen LogP contribution in [0.3, 0.4) is 0 Å². The first-order valence-electron chi connectivity index (χ1n) is 3.78. The van der Waals surface area contributed by atoms with Crippen molar-refractivity contribution in [3.8, 4) is 0 Å². The number of hydrogen-bond acceptors (Lipinski definition) is 4. The third kappa shape index (κ3) is 1.33. The van der Waals surface area contributed by atoms with Gasteiger partial charge in [-0.25, -0.2) is 4.98 Å². The molecule has 4 heteroatoms. The van der Waals surface area contributed by atoms with E-state index in [1.807, 2.05) is 0 Å². The van der Waals surface area contributed by atoms with E-state index in [0.717, 1.165) is 11.3 Å². The Kier molecular flexibility index (Phi) is 2.06. The summed E-state index contributed by atoms with van der Waals surface area (Å²) in [6, 6.07) is 3.44. The number of ketones is 1. The summed E-state index contributed by atoms with van der Waals surface area (Å²) < 4.78 is 0. The minimum atomic E-state index is -0.121. The minimum absolute atomic E-state index is 0.121. The first-order valence-corrected chi connectivity index (χ1v) is 4.77. The average Bonchev–Trinajstić information content (AvgIpc) is 2.19. The van der Waals surface area contributed by atoms with Gasteiger partial charge in [-0.3, -0.25) is 4.79 Å². The zero-order chi connectivity index (χ0) is 9.26. The molecule has 1 aromatic heterocycles. The lowest BCUT2D eigenvalue weighted by molar-refractivity contribution is 0.102. The Hall–Kier alpha value is -1.29. The van der Waals surface area contributed by atoms with Crippen LogP contribution in [0.15, 0.2) is 35.2 Å². The van der Waals surface area contributed by atoms with E-state index in [1.54, 1.807) is 18.3 Å². The highest BCUT2D eigenvalue weighted by molar-refractivity contribution is 7.99. The van der Waals surface area contributed by atoms with Crippen molar-refractivity contribution in [1.29, 1.82) is 0 Å². The zero-order valence-corrected chi connectivity index (χ0v) is 7.54. The van der Waals surface area contributed by atoms with E-state index in [0.29, 0.717) is 16.9 Å². The smallest absolute Gasteiger partial charge is 0.195 e. The Morgan fingerprint density at radius 1 is 1.62 bits per heavy atom. The molecule has 0 atom stereocenters. The van der Waals surface area contributed by atoms with Crippen LogP contribution in [0.2, 0.25) is 0 Å². The van der Waals surface area contributed by atoms with Gasteiger partial charge in [0.2, 0.25) is 0 Å². The fourth-order valence-electron chi connectivity index (χ4n) is 1.16. The molecule has 0 saturated heterocycles. The first-order chi connectivity index (χ1) is 6.33. The van der Waals surface area contributed by atoms with Crippen molar-refractivity contribution < 1.29 is 9.90 Å². The number of nitrogens with zero attached hydrogens (tertiary/aromatic N) is 1. The largest absolute Gasteiger partial charge is 0.515 e. The highest BCUT2D eigenvalue weighted by Crippen LogP contribution is 2.29. The molecule has 0 aromatic carbocycles. The average molecular weight is 193 g/mol. The van der Waals surface area contributed by atoms with Crippen molar-refractivity contribution in [1.82, 2.24) is 4.98 Å². The predicted octanol–water partition coefficient (Wildman–Crippen LogP) is 1.81. The van der Waals surface area contributed by atoms with Gasteiger partial charge in [-0.1, -0.05) is 0 Å². The SMILES string of the molecule is O=C1/C(=C\O)CSc2ncccc21. The van der Waals surface area contributed by atoms with Gasteiger partial charge >= 0.3 is 0 Å². The van der Waals surface area contributed by atoms with Crippen LogP contribution in [-0.2, 0) is 0 Å². The molecule has 2 rings (SSSR count). The molecular formula is C9H7NO2S. The van der Waals surface area contributed by atoms with Crippen molar-refractivity contribution in [2.45, 2.75) is 5.03 Å². The van der Waals surface area contributed by atoms with Gasteiger partial charge in [0.05, 0.1) is 11.8 Å². The maximum atomic E-state index is 11.6. The molecule has 1 aliphatic heterocycles. The second kappa shape index (κ2) is 3.22. The number of fused-ring (bicyclic) bond motifs is 1. The molecule has 1 aromatic rings. The molecule has 0 saturated carbocycles. The lowest BCUT2D eigenvalue weighted by Gasteiger charge is -2.13. The molecule has 3 nitrogen and oxygen atoms in total. The van der Waals surface area contributed by atoms with Gasteiger partial charge in [0.15, 0.2) is 5.78 Å². The fourth-order valence-corrected chi connectivity index (χ4v) is 2.11. The van der Waals surface area contributed by atoms with Gasteiger partial charge in [-0.05, 0) is 12.1 Å². The Labute approximate surface area is 79.5 Å². The van der Waals surface area contributed by atoms with Crippen molar-refractivity contribution >= 4 is 17.5 Å². The summed E-state index contributed by atoms with van der Waals surface area (Å²) in [5.41, 5.74) is 1.02. The molecule has 66 valence electrons. The number of aromatic nitrogens is 1. The molecular weight excluding hydrogens is 186 g/mol. The number of aliphatic hydroxyl groups excluding tert-OH is 1. The van der Waals surface area contributed by atoms with Crippen molar-refractivity contribution in [3.05, 3.63) is 35.7 Å². The molecule has 0 unspecified atom stereocenters. The highest BCUT2D eigenvalue weighted by atomic mass is 32.2. The van der Waals surface area contributed by atoms with Crippen LogP contribution in [0.4, 0.5) is 0 Å². The van der Waals surface area contributed by atoms with E-state index < -0.39 is 0 Å². The Balaban J connectivity index is 2.51. The zero-order valence-electron chi connectivity index (χ0n) is 6.73. The van der Waals surface area contributed by atoms with Gasteiger partial charge < -0.3 is 5.11 Å². The molecule has 0 fully saturated rings. The predicted molar refractivity (Wildman–Crippen MR) is 50.0 cm³/mol. The highest BCUT2D eigenvalue weighted by Gasteiger charge is 2.22. The quantitative estimate of drug-likeness (QED) is 0.504. The summed E-state index contributed by atoms with van der Waals surface area (Å²) in [6.45, 7) is 0. The lowest BCUT2D eigenvalue weighted by atomic mass is 10.1. The van der Waals surface area contributed by atoms with Gasteiger partial charge in [-0.15, -0.1) is 11.8 Å². The summed E-state index contributed by atoms with van der Waals surface area (Å²) >= 11 is 1.46. The van der Waals surface area contributed by atoms with Crippen LogP contribution in [0, 0.1) is 0 Å². The van der Waals surface area contributed by atoms with Crippen LogP contribution < -0.4 is 0 Å². The van der Waals surface area contributed by atoms with Crippen LogP contribution in [0.5, 0.6) is 0 Å². The Bertz CT molecular complexity index is 387. The number of pyridine rings is 1. The molecule has 0 bridgehead atoms. The second-order valence-corrected chi connectivity index (χ2v) is 3.59. The number of hydrogen-bond donors (Lipinski definition) is 1. The van der Waals surface area contributed by atoms with Gasteiger partial charge in [0.1, 0.15) is 5.03 Å². The van der Waals surface area contributed by atoms with Crippen molar-refractivity contribution in [3.63, 3.8) is 0 Å². The summed E-state index contributed by atoms with van der Waals surface area (Å²) in [7, 11) is 0. The third-order valence-electron chi connectivity index (χ3n) is 1.83. The number of carbonyl (C=O) groups is 1. The van der Waals surface area contributed by atoms with Gasteiger partial charge in [0, 0.05) is 17.5 Å². The van der Waals surface area contributed by atoms with Crippen molar-refractivity contribution in [2.75, 3.05) is 5.75 Å². The van der Waals surface area contributed by atoms with Gasteiger partial charge in [0.25, 0.3) is 0 Å². The Morgan fingerprint density at radius 2 is 2.46 bits per heavy atom. The molecule has 0 aliphatic carbocycles. The first kappa shape index (κ1) is 8.31. The Morgan fingerprint density at radius 3 is 3.23 bits per heavy atom. The maximum absolute atomic E-state index is 11.6.